The number of para-hydroxylation sites is 1. The summed E-state index contributed by atoms with van der Waals surface area (Å²) in [4.78, 5) is 24.9. The predicted molar refractivity (Wildman–Crippen MR) is 151 cm³/mol. The molecule has 0 aliphatic rings. The Morgan fingerprint density at radius 2 is 1.71 bits per heavy atom. The van der Waals surface area contributed by atoms with Crippen molar-refractivity contribution < 1.29 is 22.7 Å². The van der Waals surface area contributed by atoms with Gasteiger partial charge in [-0.2, -0.15) is 13.2 Å². The molecule has 0 unspecified atom stereocenters. The SMILES string of the molecule is CC(C)(C)c1ccccc1Oc1ncccc1Nc1nc2ccc(C(=O)NCc3ccc(C(F)(F)F)cc3)cc2[nH]1. The van der Waals surface area contributed by atoms with Crippen LogP contribution in [0.1, 0.15) is 47.8 Å². The Morgan fingerprint density at radius 1 is 0.951 bits per heavy atom. The topological polar surface area (TPSA) is 91.9 Å². The highest BCUT2D eigenvalue weighted by Gasteiger charge is 2.30. The molecule has 7 nitrogen and oxygen atoms in total. The zero-order chi connectivity index (χ0) is 29.2. The molecule has 10 heteroatoms. The number of nitrogens with one attached hydrogen (secondary N) is 3. The van der Waals surface area contributed by atoms with Gasteiger partial charge in [0.25, 0.3) is 5.91 Å². The number of hydrogen-bond donors (Lipinski definition) is 3. The summed E-state index contributed by atoms with van der Waals surface area (Å²) >= 11 is 0. The predicted octanol–water partition coefficient (Wildman–Crippen LogP) is 7.74. The summed E-state index contributed by atoms with van der Waals surface area (Å²) < 4.78 is 44.6. The van der Waals surface area contributed by atoms with Crippen molar-refractivity contribution >= 4 is 28.6 Å². The highest BCUT2D eigenvalue weighted by Crippen LogP contribution is 2.36. The average Bonchev–Trinajstić information content (AvgIpc) is 3.34. The van der Waals surface area contributed by atoms with Crippen LogP contribution in [-0.4, -0.2) is 20.9 Å². The van der Waals surface area contributed by atoms with Crippen LogP contribution in [0.5, 0.6) is 11.6 Å². The van der Waals surface area contributed by atoms with Crippen LogP contribution in [0.4, 0.5) is 24.8 Å². The van der Waals surface area contributed by atoms with E-state index in [9.17, 15) is 18.0 Å². The van der Waals surface area contributed by atoms with E-state index < -0.39 is 11.7 Å². The molecular weight excluding hydrogens is 531 g/mol. The van der Waals surface area contributed by atoms with Gasteiger partial charge in [-0.1, -0.05) is 51.1 Å². The lowest BCUT2D eigenvalue weighted by Gasteiger charge is -2.22. The van der Waals surface area contributed by atoms with E-state index in [-0.39, 0.29) is 17.9 Å². The molecule has 0 bridgehead atoms. The van der Waals surface area contributed by atoms with Gasteiger partial charge in [0.05, 0.1) is 16.6 Å². The first-order valence-electron chi connectivity index (χ1n) is 12.9. The molecule has 0 saturated carbocycles. The molecule has 2 aromatic heterocycles. The number of halogens is 3. The van der Waals surface area contributed by atoms with Crippen LogP contribution in [0, 0.1) is 0 Å². The van der Waals surface area contributed by atoms with Crippen LogP contribution in [0.3, 0.4) is 0 Å². The maximum Gasteiger partial charge on any atom is 0.416 e. The second kappa shape index (κ2) is 11.0. The number of fused-ring (bicyclic) bond motifs is 1. The van der Waals surface area contributed by atoms with Crippen molar-refractivity contribution in [2.45, 2.75) is 38.9 Å². The van der Waals surface area contributed by atoms with Crippen molar-refractivity contribution in [3.8, 4) is 11.6 Å². The fourth-order valence-electron chi connectivity index (χ4n) is 4.28. The molecule has 0 atom stereocenters. The van der Waals surface area contributed by atoms with E-state index in [1.54, 1.807) is 30.5 Å². The molecular formula is C31H28F3N5O2. The monoisotopic (exact) mass is 559 g/mol. The Balaban J connectivity index is 1.29. The van der Waals surface area contributed by atoms with E-state index in [4.69, 9.17) is 4.74 Å². The number of aromatic amines is 1. The first-order valence-corrected chi connectivity index (χ1v) is 12.9. The van der Waals surface area contributed by atoms with Crippen molar-refractivity contribution in [2.24, 2.45) is 0 Å². The highest BCUT2D eigenvalue weighted by molar-refractivity contribution is 5.97. The van der Waals surface area contributed by atoms with Gasteiger partial charge in [0.2, 0.25) is 11.8 Å². The van der Waals surface area contributed by atoms with Gasteiger partial charge in [0.1, 0.15) is 11.4 Å². The van der Waals surface area contributed by atoms with Gasteiger partial charge < -0.3 is 20.4 Å². The third-order valence-electron chi connectivity index (χ3n) is 6.40. The summed E-state index contributed by atoms with van der Waals surface area (Å²) in [7, 11) is 0. The van der Waals surface area contributed by atoms with Gasteiger partial charge in [-0.25, -0.2) is 9.97 Å². The van der Waals surface area contributed by atoms with Gasteiger partial charge in [0.15, 0.2) is 0 Å². The zero-order valence-electron chi connectivity index (χ0n) is 22.6. The number of rotatable bonds is 7. The lowest BCUT2D eigenvalue weighted by Crippen LogP contribution is -2.22. The molecule has 1 amide bonds. The average molecular weight is 560 g/mol. The number of carbonyl (C=O) groups is 1. The number of aromatic nitrogens is 3. The number of alkyl halides is 3. The lowest BCUT2D eigenvalue weighted by molar-refractivity contribution is -0.137. The molecule has 5 aromatic rings. The van der Waals surface area contributed by atoms with E-state index in [0.717, 1.165) is 17.7 Å². The fourth-order valence-corrected chi connectivity index (χ4v) is 4.28. The number of amides is 1. The molecule has 3 N–H and O–H groups in total. The number of pyridine rings is 1. The lowest BCUT2D eigenvalue weighted by atomic mass is 9.86. The van der Waals surface area contributed by atoms with E-state index in [0.29, 0.717) is 45.4 Å². The van der Waals surface area contributed by atoms with Crippen molar-refractivity contribution in [1.82, 2.24) is 20.3 Å². The molecule has 3 aromatic carbocycles. The minimum Gasteiger partial charge on any atom is -0.437 e. The number of H-pyrrole nitrogens is 1. The number of anilines is 2. The molecule has 0 radical (unpaired) electrons. The Morgan fingerprint density at radius 3 is 2.44 bits per heavy atom. The molecule has 5 rings (SSSR count). The molecule has 0 aliphatic carbocycles. The fraction of sp³-hybridized carbons (Fsp3) is 0.194. The van der Waals surface area contributed by atoms with Crippen LogP contribution < -0.4 is 15.4 Å². The number of nitrogens with zero attached hydrogens (tertiary/aromatic N) is 2. The normalized spacial score (nSPS) is 11.9. The first-order chi connectivity index (χ1) is 19.5. The Kier molecular flexibility index (Phi) is 7.40. The first kappa shape index (κ1) is 27.7. The molecule has 0 fully saturated rings. The number of benzene rings is 3. The smallest absolute Gasteiger partial charge is 0.416 e. The third-order valence-corrected chi connectivity index (χ3v) is 6.40. The summed E-state index contributed by atoms with van der Waals surface area (Å²) in [6.45, 7) is 6.44. The minimum absolute atomic E-state index is 0.0902. The second-order valence-corrected chi connectivity index (χ2v) is 10.5. The largest absolute Gasteiger partial charge is 0.437 e. The quantitative estimate of drug-likeness (QED) is 0.190. The molecule has 0 saturated heterocycles. The van der Waals surface area contributed by atoms with Gasteiger partial charge in [0, 0.05) is 23.9 Å². The Bertz CT molecular complexity index is 1690. The highest BCUT2D eigenvalue weighted by atomic mass is 19.4. The Hall–Kier alpha value is -4.86. The Labute approximate surface area is 234 Å². The minimum atomic E-state index is -4.40. The molecule has 2 heterocycles. The van der Waals surface area contributed by atoms with E-state index in [1.165, 1.54) is 12.1 Å². The summed E-state index contributed by atoms with van der Waals surface area (Å²) in [5.74, 6) is 1.16. The van der Waals surface area contributed by atoms with Gasteiger partial charge in [-0.05, 0) is 59.5 Å². The number of ether oxygens (including phenoxy) is 1. The maximum absolute atomic E-state index is 12.8. The van der Waals surface area contributed by atoms with Crippen LogP contribution in [0.25, 0.3) is 11.0 Å². The van der Waals surface area contributed by atoms with Gasteiger partial charge >= 0.3 is 6.18 Å². The summed E-state index contributed by atoms with van der Waals surface area (Å²) in [6.07, 6.45) is -2.76. The molecule has 210 valence electrons. The summed E-state index contributed by atoms with van der Waals surface area (Å²) in [5, 5.41) is 5.95. The van der Waals surface area contributed by atoms with Gasteiger partial charge in [-0.3, -0.25) is 4.79 Å². The molecule has 41 heavy (non-hydrogen) atoms. The summed E-state index contributed by atoms with van der Waals surface area (Å²) in [5.41, 5.74) is 2.98. The maximum atomic E-state index is 12.8. The number of hydrogen-bond acceptors (Lipinski definition) is 5. The third kappa shape index (κ3) is 6.49. The van der Waals surface area contributed by atoms with Crippen molar-refractivity contribution in [3.05, 3.63) is 107 Å². The number of imidazole rings is 1. The zero-order valence-corrected chi connectivity index (χ0v) is 22.6. The second-order valence-electron chi connectivity index (χ2n) is 10.5. The van der Waals surface area contributed by atoms with Crippen molar-refractivity contribution in [2.75, 3.05) is 5.32 Å². The van der Waals surface area contributed by atoms with Crippen LogP contribution >= 0.6 is 0 Å². The van der Waals surface area contributed by atoms with E-state index in [2.05, 4.69) is 46.4 Å². The van der Waals surface area contributed by atoms with Gasteiger partial charge in [-0.15, -0.1) is 0 Å². The van der Waals surface area contributed by atoms with Crippen molar-refractivity contribution in [3.63, 3.8) is 0 Å². The standard InChI is InChI=1S/C31H28F3N5O2/c1-30(2,3)22-7-4-5-9-26(22)41-28-24(8-6-16-35-28)38-29-37-23-15-12-20(17-25(23)39-29)27(40)36-18-19-10-13-21(14-11-19)31(32,33)34/h4-17H,18H2,1-3H3,(H,36,40)(H2,37,38,39). The molecule has 0 aliphatic heterocycles. The van der Waals surface area contributed by atoms with E-state index in [1.807, 2.05) is 30.3 Å². The van der Waals surface area contributed by atoms with Crippen LogP contribution in [0.2, 0.25) is 0 Å². The van der Waals surface area contributed by atoms with E-state index >= 15 is 0 Å². The summed E-state index contributed by atoms with van der Waals surface area (Å²) in [6, 6.07) is 21.1. The van der Waals surface area contributed by atoms with Crippen molar-refractivity contribution in [1.29, 1.82) is 0 Å². The molecule has 0 spiro atoms. The van der Waals surface area contributed by atoms with Crippen LogP contribution in [-0.2, 0) is 18.1 Å². The number of carbonyl (C=O) groups excluding carboxylic acids is 1. The van der Waals surface area contributed by atoms with Crippen LogP contribution in [0.15, 0.2) is 85.1 Å².